The molecule has 0 radical (unpaired) electrons. The van der Waals surface area contributed by atoms with Crippen LogP contribution in [0.5, 0.6) is 0 Å². The third kappa shape index (κ3) is 5.04. The lowest BCUT2D eigenvalue weighted by Gasteiger charge is -2.22. The number of hydrogen-bond acceptors (Lipinski definition) is 10. The van der Waals surface area contributed by atoms with Gasteiger partial charge in [-0.15, -0.1) is 0 Å². The van der Waals surface area contributed by atoms with E-state index in [1.807, 2.05) is 66.7 Å². The molecule has 1 N–H and O–H groups in total. The molecule has 3 aromatic rings. The Hall–Kier alpha value is -4.41. The summed E-state index contributed by atoms with van der Waals surface area (Å²) in [5.41, 5.74) is 2.06. The van der Waals surface area contributed by atoms with Crippen LogP contribution in [0.15, 0.2) is 100 Å². The minimum absolute atomic E-state index is 0.241. The largest absolute Gasteiger partial charge is 0.461 e. The quantitative estimate of drug-likeness (QED) is 0.265. The first-order chi connectivity index (χ1) is 18.5. The van der Waals surface area contributed by atoms with Gasteiger partial charge in [-0.1, -0.05) is 84.2 Å². The van der Waals surface area contributed by atoms with Gasteiger partial charge in [0.15, 0.2) is 0 Å². The van der Waals surface area contributed by atoms with Crippen LogP contribution in [-0.4, -0.2) is 54.6 Å². The fourth-order valence-corrected chi connectivity index (χ4v) is 5.31. The van der Waals surface area contributed by atoms with Crippen molar-refractivity contribution in [2.45, 2.75) is 11.0 Å². The number of rotatable bonds is 8. The molecule has 0 fully saturated rings. The van der Waals surface area contributed by atoms with Crippen LogP contribution in [-0.2, 0) is 28.7 Å². The highest BCUT2D eigenvalue weighted by Gasteiger charge is 2.39. The number of fused-ring (bicyclic) bond motifs is 3. The number of nitrogens with zero attached hydrogens (tertiary/aromatic N) is 2. The van der Waals surface area contributed by atoms with Gasteiger partial charge >= 0.3 is 17.9 Å². The number of benzene rings is 3. The van der Waals surface area contributed by atoms with Crippen molar-refractivity contribution in [3.63, 3.8) is 0 Å². The molecule has 0 saturated heterocycles. The van der Waals surface area contributed by atoms with Gasteiger partial charge in [-0.3, -0.25) is 4.79 Å². The fourth-order valence-electron chi connectivity index (χ4n) is 4.10. The van der Waals surface area contributed by atoms with E-state index in [0.29, 0.717) is 16.3 Å². The second kappa shape index (κ2) is 10.9. The summed E-state index contributed by atoms with van der Waals surface area (Å²) in [6.45, 7) is 2.31. The van der Waals surface area contributed by atoms with Crippen molar-refractivity contribution in [3.8, 4) is 0 Å². The summed E-state index contributed by atoms with van der Waals surface area (Å²) in [6.07, 6.45) is -0.231. The molecule has 3 aromatic carbocycles. The molecule has 192 valence electrons. The number of hydrogen-bond donors (Lipinski definition) is 1. The SMILES string of the molecule is C=CC(=O)OCC(O)COC(=O)CN1C(=C2C(=O)ON=C2c2ccccc2)Sc2ccc3ccccc3c21. The number of carbonyl (C=O) groups is 3. The molecule has 0 bridgehead atoms. The summed E-state index contributed by atoms with van der Waals surface area (Å²) in [7, 11) is 0. The van der Waals surface area contributed by atoms with Gasteiger partial charge in [0.2, 0.25) is 0 Å². The van der Waals surface area contributed by atoms with E-state index in [4.69, 9.17) is 14.3 Å². The zero-order chi connectivity index (χ0) is 26.6. The number of ether oxygens (including phenoxy) is 2. The summed E-state index contributed by atoms with van der Waals surface area (Å²) in [4.78, 5) is 44.7. The molecule has 1 atom stereocenters. The Kier molecular flexibility index (Phi) is 7.25. The minimum atomic E-state index is -1.21. The van der Waals surface area contributed by atoms with Crippen molar-refractivity contribution in [2.75, 3.05) is 24.7 Å². The smallest absolute Gasteiger partial charge is 0.370 e. The van der Waals surface area contributed by atoms with Crippen LogP contribution in [0.1, 0.15) is 5.56 Å². The Morgan fingerprint density at radius 2 is 1.79 bits per heavy atom. The molecule has 10 heteroatoms. The van der Waals surface area contributed by atoms with E-state index in [9.17, 15) is 19.5 Å². The zero-order valence-corrected chi connectivity index (χ0v) is 20.8. The molecule has 38 heavy (non-hydrogen) atoms. The average Bonchev–Trinajstić information content (AvgIpc) is 3.50. The predicted molar refractivity (Wildman–Crippen MR) is 141 cm³/mol. The number of esters is 2. The first-order valence-electron chi connectivity index (χ1n) is 11.7. The number of aliphatic hydroxyl groups excluding tert-OH is 1. The molecule has 2 aliphatic rings. The van der Waals surface area contributed by atoms with Crippen molar-refractivity contribution < 1.29 is 33.8 Å². The van der Waals surface area contributed by atoms with Gasteiger partial charge in [-0.2, -0.15) is 0 Å². The molecule has 0 spiro atoms. The topological polar surface area (TPSA) is 115 Å². The molecule has 9 nitrogen and oxygen atoms in total. The van der Waals surface area contributed by atoms with Gasteiger partial charge < -0.3 is 24.3 Å². The van der Waals surface area contributed by atoms with Crippen molar-refractivity contribution in [2.24, 2.45) is 5.16 Å². The van der Waals surface area contributed by atoms with E-state index >= 15 is 0 Å². The van der Waals surface area contributed by atoms with E-state index < -0.39 is 24.0 Å². The van der Waals surface area contributed by atoms with Crippen molar-refractivity contribution in [1.29, 1.82) is 0 Å². The molecule has 0 amide bonds. The van der Waals surface area contributed by atoms with Crippen molar-refractivity contribution >= 4 is 51.8 Å². The maximum absolute atomic E-state index is 13.0. The van der Waals surface area contributed by atoms with Crippen molar-refractivity contribution in [3.05, 3.63) is 95.6 Å². The molecular weight excluding hydrogens is 508 g/mol. The second-order valence-electron chi connectivity index (χ2n) is 8.36. The van der Waals surface area contributed by atoms with Crippen LogP contribution in [0.25, 0.3) is 10.8 Å². The van der Waals surface area contributed by atoms with Gasteiger partial charge in [-0.25, -0.2) is 9.59 Å². The van der Waals surface area contributed by atoms with E-state index in [-0.39, 0.29) is 25.3 Å². The van der Waals surface area contributed by atoms with Crippen LogP contribution in [0.2, 0.25) is 0 Å². The van der Waals surface area contributed by atoms with Crippen LogP contribution < -0.4 is 4.90 Å². The molecular formula is C28H22N2O7S. The summed E-state index contributed by atoms with van der Waals surface area (Å²) >= 11 is 1.34. The molecule has 0 saturated carbocycles. The van der Waals surface area contributed by atoms with Gasteiger partial charge in [0.1, 0.15) is 37.1 Å². The normalized spacial score (nSPS) is 17.0. The standard InChI is InChI=1S/C28H22N2O7S/c1-2-22(32)35-15-19(31)16-36-23(33)14-30-26-20-11-7-6-8-17(20)12-13-21(26)38-27(30)24-25(29-37-28(24)34)18-9-4-3-5-10-18/h2-13,19,31H,1,14-16H2. The maximum atomic E-state index is 13.0. The third-order valence-electron chi connectivity index (χ3n) is 5.82. The van der Waals surface area contributed by atoms with Crippen LogP contribution >= 0.6 is 11.8 Å². The minimum Gasteiger partial charge on any atom is -0.461 e. The number of anilines is 1. The molecule has 1 unspecified atom stereocenters. The van der Waals surface area contributed by atoms with Gasteiger partial charge in [0.25, 0.3) is 0 Å². The van der Waals surface area contributed by atoms with E-state index in [0.717, 1.165) is 27.4 Å². The molecule has 5 rings (SSSR count). The van der Waals surface area contributed by atoms with Gasteiger partial charge in [0, 0.05) is 21.9 Å². The van der Waals surface area contributed by atoms with Gasteiger partial charge in [0.05, 0.1) is 10.7 Å². The van der Waals surface area contributed by atoms with E-state index in [1.165, 1.54) is 11.8 Å². The highest BCUT2D eigenvalue weighted by Crippen LogP contribution is 2.51. The van der Waals surface area contributed by atoms with E-state index in [2.05, 4.69) is 11.7 Å². The summed E-state index contributed by atoms with van der Waals surface area (Å²) in [5, 5.41) is 16.4. The fraction of sp³-hybridized carbons (Fsp3) is 0.143. The lowest BCUT2D eigenvalue weighted by molar-refractivity contribution is -0.148. The zero-order valence-electron chi connectivity index (χ0n) is 20.0. The summed E-state index contributed by atoms with van der Waals surface area (Å²) in [5.74, 6) is -1.96. The number of aliphatic hydroxyl groups is 1. The first-order valence-corrected chi connectivity index (χ1v) is 12.5. The first kappa shape index (κ1) is 25.2. The Bertz CT molecular complexity index is 1500. The summed E-state index contributed by atoms with van der Waals surface area (Å²) < 4.78 is 10.1. The average molecular weight is 531 g/mol. The monoisotopic (exact) mass is 530 g/mol. The molecule has 0 aromatic heterocycles. The predicted octanol–water partition coefficient (Wildman–Crippen LogP) is 3.56. The second-order valence-corrected chi connectivity index (χ2v) is 9.39. The Labute approximate surface area is 222 Å². The molecule has 2 aliphatic heterocycles. The maximum Gasteiger partial charge on any atom is 0.370 e. The molecule has 0 aliphatic carbocycles. The highest BCUT2D eigenvalue weighted by molar-refractivity contribution is 8.03. The number of oxime groups is 1. The van der Waals surface area contributed by atoms with E-state index in [1.54, 1.807) is 4.90 Å². The number of thioether (sulfide) groups is 1. The third-order valence-corrected chi connectivity index (χ3v) is 6.98. The Morgan fingerprint density at radius 3 is 2.58 bits per heavy atom. The van der Waals surface area contributed by atoms with Gasteiger partial charge in [-0.05, 0) is 11.5 Å². The Balaban J connectivity index is 1.48. The number of carbonyl (C=O) groups excluding carboxylic acids is 3. The summed E-state index contributed by atoms with van der Waals surface area (Å²) in [6, 6.07) is 20.8. The lowest BCUT2D eigenvalue weighted by atomic mass is 10.0. The van der Waals surface area contributed by atoms with Crippen LogP contribution in [0, 0.1) is 0 Å². The van der Waals surface area contributed by atoms with Crippen molar-refractivity contribution in [1.82, 2.24) is 0 Å². The molecule has 2 heterocycles. The highest BCUT2D eigenvalue weighted by atomic mass is 32.2. The van der Waals surface area contributed by atoms with Crippen LogP contribution in [0.3, 0.4) is 0 Å². The lowest BCUT2D eigenvalue weighted by Crippen LogP contribution is -2.32. The Morgan fingerprint density at radius 1 is 1.05 bits per heavy atom. The van der Waals surface area contributed by atoms with Crippen LogP contribution in [0.4, 0.5) is 5.69 Å².